The second kappa shape index (κ2) is 6.10. The van der Waals surface area contributed by atoms with Gasteiger partial charge in [-0.15, -0.1) is 0 Å². The average molecular weight is 370 g/mol. The lowest BCUT2D eigenvalue weighted by Gasteiger charge is -2.03. The number of aryl methyl sites for hydroxylation is 1. The summed E-state index contributed by atoms with van der Waals surface area (Å²) < 4.78 is 25.1. The van der Waals surface area contributed by atoms with Crippen molar-refractivity contribution in [1.82, 2.24) is 25.0 Å². The molecule has 0 aliphatic heterocycles. The van der Waals surface area contributed by atoms with E-state index in [-0.39, 0.29) is 18.1 Å². The normalized spacial score (nSPS) is 12.2. The summed E-state index contributed by atoms with van der Waals surface area (Å²) in [6, 6.07) is 7.74. The SMILES string of the molecule is CCS(=O)(=O)CCn1cc2c(n1)c(N)nc1cc(-c3cc[nH]n3)ccc12. The third kappa shape index (κ3) is 2.90. The Kier molecular flexibility index (Phi) is 3.87. The number of fused-ring (bicyclic) bond motifs is 3. The smallest absolute Gasteiger partial charge is 0.152 e. The molecule has 0 radical (unpaired) electrons. The Labute approximate surface area is 150 Å². The lowest BCUT2D eigenvalue weighted by atomic mass is 10.1. The highest BCUT2D eigenvalue weighted by Gasteiger charge is 2.14. The van der Waals surface area contributed by atoms with E-state index in [1.165, 1.54) is 0 Å². The molecule has 0 saturated carbocycles. The number of nitrogen functional groups attached to an aromatic ring is 1. The van der Waals surface area contributed by atoms with Crippen molar-refractivity contribution in [1.29, 1.82) is 0 Å². The Hall–Kier alpha value is -2.94. The lowest BCUT2D eigenvalue weighted by Crippen LogP contribution is -2.14. The zero-order valence-electron chi connectivity index (χ0n) is 14.2. The van der Waals surface area contributed by atoms with E-state index in [1.807, 2.05) is 30.5 Å². The van der Waals surface area contributed by atoms with Crippen LogP contribution >= 0.6 is 0 Å². The largest absolute Gasteiger partial charge is 0.382 e. The highest BCUT2D eigenvalue weighted by atomic mass is 32.2. The van der Waals surface area contributed by atoms with Crippen LogP contribution in [0.3, 0.4) is 0 Å². The second-order valence-electron chi connectivity index (χ2n) is 6.08. The van der Waals surface area contributed by atoms with Crippen LogP contribution in [-0.4, -0.2) is 44.9 Å². The molecular weight excluding hydrogens is 352 g/mol. The summed E-state index contributed by atoms with van der Waals surface area (Å²) in [6.07, 6.45) is 3.59. The zero-order valence-corrected chi connectivity index (χ0v) is 15.0. The maximum absolute atomic E-state index is 11.7. The topological polar surface area (TPSA) is 120 Å². The minimum absolute atomic E-state index is 0.0477. The number of aromatic nitrogens is 5. The van der Waals surface area contributed by atoms with Crippen LogP contribution in [0.1, 0.15) is 6.92 Å². The third-order valence-electron chi connectivity index (χ3n) is 4.40. The number of nitrogens with two attached hydrogens (primary N) is 1. The Bertz CT molecular complexity index is 1200. The number of hydrogen-bond donors (Lipinski definition) is 2. The van der Waals surface area contributed by atoms with Crippen molar-refractivity contribution in [3.63, 3.8) is 0 Å². The summed E-state index contributed by atoms with van der Waals surface area (Å²) in [4.78, 5) is 4.46. The standard InChI is InChI=1S/C17H18N6O2S/c1-2-26(24,25)8-7-23-10-13-12-4-3-11(14-5-6-19-21-14)9-15(12)20-17(18)16(13)22-23/h3-6,9-10H,2,7-8H2,1H3,(H2,18,20)(H,19,21). The number of benzene rings is 1. The summed E-state index contributed by atoms with van der Waals surface area (Å²) in [5.74, 6) is 0.492. The number of sulfone groups is 1. The minimum atomic E-state index is -3.06. The van der Waals surface area contributed by atoms with Gasteiger partial charge in [0.25, 0.3) is 0 Å². The molecule has 3 heterocycles. The summed E-state index contributed by atoms with van der Waals surface area (Å²) >= 11 is 0. The van der Waals surface area contributed by atoms with Crippen LogP contribution in [0, 0.1) is 0 Å². The monoisotopic (exact) mass is 370 g/mol. The van der Waals surface area contributed by atoms with Gasteiger partial charge in [0.1, 0.15) is 5.52 Å². The molecule has 26 heavy (non-hydrogen) atoms. The third-order valence-corrected chi connectivity index (χ3v) is 6.09. The number of hydrogen-bond acceptors (Lipinski definition) is 6. The van der Waals surface area contributed by atoms with E-state index in [4.69, 9.17) is 5.73 Å². The molecule has 0 saturated heterocycles. The van der Waals surface area contributed by atoms with E-state index in [2.05, 4.69) is 20.3 Å². The van der Waals surface area contributed by atoms with Crippen LogP contribution < -0.4 is 5.73 Å². The molecule has 0 atom stereocenters. The molecule has 0 unspecified atom stereocenters. The fourth-order valence-electron chi connectivity index (χ4n) is 2.91. The summed E-state index contributed by atoms with van der Waals surface area (Å²) in [5.41, 5.74) is 9.18. The fourth-order valence-corrected chi connectivity index (χ4v) is 3.67. The summed E-state index contributed by atoms with van der Waals surface area (Å²) in [5, 5.41) is 13.2. The van der Waals surface area contributed by atoms with Crippen LogP contribution in [0.15, 0.2) is 36.7 Å². The van der Waals surface area contributed by atoms with Crippen molar-refractivity contribution < 1.29 is 8.42 Å². The van der Waals surface area contributed by atoms with E-state index in [0.29, 0.717) is 11.3 Å². The summed E-state index contributed by atoms with van der Waals surface area (Å²) in [6.45, 7) is 1.93. The Morgan fingerprint density at radius 1 is 1.23 bits per heavy atom. The van der Waals surface area contributed by atoms with E-state index in [1.54, 1.807) is 17.8 Å². The number of nitrogens with zero attached hydrogens (tertiary/aromatic N) is 4. The van der Waals surface area contributed by atoms with Gasteiger partial charge in [-0.2, -0.15) is 10.2 Å². The van der Waals surface area contributed by atoms with Gasteiger partial charge >= 0.3 is 0 Å². The molecule has 0 aliphatic carbocycles. The number of nitrogens with one attached hydrogen (secondary N) is 1. The molecule has 4 rings (SSSR count). The van der Waals surface area contributed by atoms with Gasteiger partial charge < -0.3 is 5.73 Å². The van der Waals surface area contributed by atoms with E-state index >= 15 is 0 Å². The first-order valence-corrected chi connectivity index (χ1v) is 10.1. The first-order chi connectivity index (χ1) is 12.5. The molecule has 4 aromatic rings. The van der Waals surface area contributed by atoms with Gasteiger partial charge in [0.2, 0.25) is 0 Å². The van der Waals surface area contributed by atoms with Crippen molar-refractivity contribution >= 4 is 37.5 Å². The molecule has 3 aromatic heterocycles. The molecule has 0 amide bonds. The van der Waals surface area contributed by atoms with E-state index in [9.17, 15) is 8.42 Å². The molecule has 9 heteroatoms. The Balaban J connectivity index is 1.79. The molecule has 8 nitrogen and oxygen atoms in total. The average Bonchev–Trinajstić information content (AvgIpc) is 3.30. The fraction of sp³-hybridized carbons (Fsp3) is 0.235. The van der Waals surface area contributed by atoms with Crippen molar-refractivity contribution in [2.75, 3.05) is 17.2 Å². The van der Waals surface area contributed by atoms with Crippen LogP contribution in [0.5, 0.6) is 0 Å². The highest BCUT2D eigenvalue weighted by Crippen LogP contribution is 2.29. The predicted octanol–water partition coefficient (Wildman–Crippen LogP) is 1.99. The van der Waals surface area contributed by atoms with Crippen LogP contribution in [0.2, 0.25) is 0 Å². The van der Waals surface area contributed by atoms with Gasteiger partial charge in [-0.1, -0.05) is 19.1 Å². The van der Waals surface area contributed by atoms with Crippen molar-refractivity contribution in [3.8, 4) is 11.3 Å². The molecule has 0 bridgehead atoms. The van der Waals surface area contributed by atoms with Gasteiger partial charge in [0.15, 0.2) is 15.7 Å². The van der Waals surface area contributed by atoms with Crippen molar-refractivity contribution in [2.45, 2.75) is 13.5 Å². The molecule has 3 N–H and O–H groups in total. The van der Waals surface area contributed by atoms with Gasteiger partial charge in [-0.25, -0.2) is 13.4 Å². The Morgan fingerprint density at radius 3 is 2.81 bits per heavy atom. The summed E-state index contributed by atoms with van der Waals surface area (Å²) in [7, 11) is -3.06. The number of aromatic amines is 1. The molecule has 0 aliphatic rings. The molecule has 0 spiro atoms. The maximum Gasteiger partial charge on any atom is 0.152 e. The molecular formula is C17H18N6O2S. The van der Waals surface area contributed by atoms with Crippen LogP contribution in [-0.2, 0) is 16.4 Å². The van der Waals surface area contributed by atoms with Gasteiger partial charge in [0, 0.05) is 34.5 Å². The maximum atomic E-state index is 11.7. The lowest BCUT2D eigenvalue weighted by molar-refractivity contribution is 0.583. The van der Waals surface area contributed by atoms with Gasteiger partial charge in [0.05, 0.1) is 23.5 Å². The molecule has 0 fully saturated rings. The Morgan fingerprint density at radius 2 is 2.08 bits per heavy atom. The predicted molar refractivity (Wildman–Crippen MR) is 101 cm³/mol. The van der Waals surface area contributed by atoms with Crippen molar-refractivity contribution in [3.05, 3.63) is 36.7 Å². The number of rotatable bonds is 5. The van der Waals surface area contributed by atoms with Gasteiger partial charge in [-0.3, -0.25) is 9.78 Å². The van der Waals surface area contributed by atoms with Crippen molar-refractivity contribution in [2.24, 2.45) is 0 Å². The zero-order chi connectivity index (χ0) is 18.3. The quantitative estimate of drug-likeness (QED) is 0.554. The minimum Gasteiger partial charge on any atom is -0.382 e. The number of pyridine rings is 1. The van der Waals surface area contributed by atoms with Gasteiger partial charge in [-0.05, 0) is 12.1 Å². The number of H-pyrrole nitrogens is 1. The first-order valence-electron chi connectivity index (χ1n) is 8.24. The molecule has 1 aromatic carbocycles. The number of anilines is 1. The second-order valence-corrected chi connectivity index (χ2v) is 8.55. The van der Waals surface area contributed by atoms with E-state index < -0.39 is 9.84 Å². The first kappa shape index (κ1) is 16.5. The highest BCUT2D eigenvalue weighted by molar-refractivity contribution is 7.91. The molecule has 134 valence electrons. The van der Waals surface area contributed by atoms with Crippen LogP contribution in [0.25, 0.3) is 33.1 Å². The van der Waals surface area contributed by atoms with E-state index in [0.717, 1.165) is 27.5 Å². The van der Waals surface area contributed by atoms with Crippen LogP contribution in [0.4, 0.5) is 5.82 Å².